The van der Waals surface area contributed by atoms with Crippen LogP contribution in [0.5, 0.6) is 0 Å². The number of amides is 1. The van der Waals surface area contributed by atoms with Crippen LogP contribution in [0.1, 0.15) is 38.5 Å². The van der Waals surface area contributed by atoms with Gasteiger partial charge in [0.25, 0.3) is 0 Å². The minimum Gasteiger partial charge on any atom is -0.330 e. The summed E-state index contributed by atoms with van der Waals surface area (Å²) in [5.41, 5.74) is 5.78. The summed E-state index contributed by atoms with van der Waals surface area (Å²) in [6, 6.07) is 0. The van der Waals surface area contributed by atoms with Gasteiger partial charge in [0.2, 0.25) is 5.91 Å². The highest BCUT2D eigenvalue weighted by atomic mass is 16.7. The average Bonchev–Trinajstić information content (AvgIpc) is 2.35. The van der Waals surface area contributed by atoms with E-state index in [0.717, 1.165) is 0 Å². The van der Waals surface area contributed by atoms with Crippen molar-refractivity contribution in [2.75, 3.05) is 20.7 Å². The first-order chi connectivity index (χ1) is 7.69. The molecule has 0 bridgehead atoms. The van der Waals surface area contributed by atoms with Gasteiger partial charge in [0.15, 0.2) is 0 Å². The molecule has 94 valence electrons. The molecule has 1 fully saturated rings. The van der Waals surface area contributed by atoms with E-state index in [9.17, 15) is 4.79 Å². The van der Waals surface area contributed by atoms with E-state index < -0.39 is 0 Å². The van der Waals surface area contributed by atoms with E-state index in [1.807, 2.05) is 0 Å². The van der Waals surface area contributed by atoms with Crippen molar-refractivity contribution in [3.05, 3.63) is 0 Å². The van der Waals surface area contributed by atoms with E-state index in [1.54, 1.807) is 7.05 Å². The molecule has 1 atom stereocenters. The lowest BCUT2D eigenvalue weighted by Gasteiger charge is -2.29. The lowest BCUT2D eigenvalue weighted by atomic mass is 9.78. The van der Waals surface area contributed by atoms with Gasteiger partial charge in [-0.2, -0.15) is 0 Å². The second-order valence-electron chi connectivity index (χ2n) is 4.67. The van der Waals surface area contributed by atoms with Gasteiger partial charge in [-0.1, -0.05) is 32.1 Å². The molecule has 0 saturated heterocycles. The Bertz CT molecular complexity index is 215. The maximum atomic E-state index is 11.7. The molecule has 1 amide bonds. The van der Waals surface area contributed by atoms with E-state index in [2.05, 4.69) is 0 Å². The summed E-state index contributed by atoms with van der Waals surface area (Å²) in [4.78, 5) is 16.6. The predicted molar refractivity (Wildman–Crippen MR) is 63.5 cm³/mol. The van der Waals surface area contributed by atoms with Crippen LogP contribution in [-0.2, 0) is 9.63 Å². The quantitative estimate of drug-likeness (QED) is 0.726. The molecule has 0 aromatic carbocycles. The third-order valence-corrected chi connectivity index (χ3v) is 3.68. The molecule has 4 heteroatoms. The molecule has 0 unspecified atom stereocenters. The van der Waals surface area contributed by atoms with E-state index in [1.165, 1.54) is 44.3 Å². The fourth-order valence-corrected chi connectivity index (χ4v) is 2.50. The summed E-state index contributed by atoms with van der Waals surface area (Å²) in [5, 5.41) is 1.30. The number of hydrogen-bond donors (Lipinski definition) is 1. The normalized spacial score (nSPS) is 19.4. The zero-order valence-electron chi connectivity index (χ0n) is 10.4. The Morgan fingerprint density at radius 1 is 1.44 bits per heavy atom. The zero-order valence-corrected chi connectivity index (χ0v) is 10.4. The van der Waals surface area contributed by atoms with Crippen LogP contribution in [-0.4, -0.2) is 31.7 Å². The molecule has 0 spiro atoms. The highest BCUT2D eigenvalue weighted by Crippen LogP contribution is 2.31. The molecule has 4 nitrogen and oxygen atoms in total. The number of carbonyl (C=O) groups excluding carboxylic acids is 1. The van der Waals surface area contributed by atoms with Crippen LogP contribution in [0.4, 0.5) is 0 Å². The lowest BCUT2D eigenvalue weighted by molar-refractivity contribution is -0.170. The summed E-state index contributed by atoms with van der Waals surface area (Å²) >= 11 is 0. The number of hydroxylamine groups is 2. The van der Waals surface area contributed by atoms with Crippen LogP contribution < -0.4 is 5.73 Å². The molecule has 0 aromatic heterocycles. The number of rotatable bonds is 5. The first kappa shape index (κ1) is 13.5. The summed E-state index contributed by atoms with van der Waals surface area (Å²) in [6.07, 6.45) is 6.88. The second-order valence-corrected chi connectivity index (χ2v) is 4.67. The van der Waals surface area contributed by atoms with Gasteiger partial charge < -0.3 is 5.73 Å². The summed E-state index contributed by atoms with van der Waals surface area (Å²) in [7, 11) is 3.16. The number of hydrogen-bond acceptors (Lipinski definition) is 3. The third kappa shape index (κ3) is 3.76. The molecule has 16 heavy (non-hydrogen) atoms. The van der Waals surface area contributed by atoms with Gasteiger partial charge in [-0.15, -0.1) is 0 Å². The maximum absolute atomic E-state index is 11.7. The standard InChI is InChI=1S/C12H24N2O2/c1-14(16-2)12(15)8-11(9-13)10-6-4-3-5-7-10/h10-11H,3-9,13H2,1-2H3/t11-/m0/s1. The molecule has 2 N–H and O–H groups in total. The summed E-state index contributed by atoms with van der Waals surface area (Å²) in [5.74, 6) is 0.988. The van der Waals surface area contributed by atoms with Gasteiger partial charge >= 0.3 is 0 Å². The minimum atomic E-state index is 0.0310. The van der Waals surface area contributed by atoms with Gasteiger partial charge in [0, 0.05) is 13.5 Å². The average molecular weight is 228 g/mol. The molecule has 1 aliphatic rings. The Morgan fingerprint density at radius 2 is 2.06 bits per heavy atom. The van der Waals surface area contributed by atoms with Crippen molar-refractivity contribution >= 4 is 5.91 Å². The summed E-state index contributed by atoms with van der Waals surface area (Å²) < 4.78 is 0. The van der Waals surface area contributed by atoms with Crippen molar-refractivity contribution in [3.8, 4) is 0 Å². The monoisotopic (exact) mass is 228 g/mol. The van der Waals surface area contributed by atoms with Crippen LogP contribution in [0.3, 0.4) is 0 Å². The molecule has 0 radical (unpaired) electrons. The van der Waals surface area contributed by atoms with E-state index in [4.69, 9.17) is 10.6 Å². The largest absolute Gasteiger partial charge is 0.330 e. The predicted octanol–water partition coefficient (Wildman–Crippen LogP) is 1.55. The Hall–Kier alpha value is -0.610. The first-order valence-electron chi connectivity index (χ1n) is 6.19. The number of carbonyl (C=O) groups is 1. The van der Waals surface area contributed by atoms with Gasteiger partial charge in [0.1, 0.15) is 0 Å². The van der Waals surface area contributed by atoms with Crippen molar-refractivity contribution in [1.82, 2.24) is 5.06 Å². The Morgan fingerprint density at radius 3 is 2.56 bits per heavy atom. The highest BCUT2D eigenvalue weighted by molar-refractivity contribution is 5.75. The lowest BCUT2D eigenvalue weighted by Crippen LogP contribution is -2.33. The van der Waals surface area contributed by atoms with Crippen molar-refractivity contribution in [1.29, 1.82) is 0 Å². The molecule has 1 saturated carbocycles. The molecule has 1 aliphatic carbocycles. The fourth-order valence-electron chi connectivity index (χ4n) is 2.50. The van der Waals surface area contributed by atoms with Crippen LogP contribution in [0, 0.1) is 11.8 Å². The van der Waals surface area contributed by atoms with Crippen LogP contribution in [0.25, 0.3) is 0 Å². The SMILES string of the molecule is CON(C)C(=O)C[C@@H](CN)C1CCCCC1. The van der Waals surface area contributed by atoms with Gasteiger partial charge in [-0.3, -0.25) is 9.63 Å². The Kier molecular flexibility index (Phi) is 5.77. The maximum Gasteiger partial charge on any atom is 0.246 e. The van der Waals surface area contributed by atoms with Crippen LogP contribution in [0.2, 0.25) is 0 Å². The molecule has 0 aliphatic heterocycles. The first-order valence-corrected chi connectivity index (χ1v) is 6.19. The Labute approximate surface area is 98.1 Å². The fraction of sp³-hybridized carbons (Fsp3) is 0.917. The van der Waals surface area contributed by atoms with Crippen LogP contribution >= 0.6 is 0 Å². The smallest absolute Gasteiger partial charge is 0.246 e. The van der Waals surface area contributed by atoms with Crippen molar-refractivity contribution in [2.24, 2.45) is 17.6 Å². The van der Waals surface area contributed by atoms with Gasteiger partial charge in [0.05, 0.1) is 7.11 Å². The van der Waals surface area contributed by atoms with Crippen molar-refractivity contribution in [2.45, 2.75) is 38.5 Å². The third-order valence-electron chi connectivity index (χ3n) is 3.68. The van der Waals surface area contributed by atoms with E-state index in [0.29, 0.717) is 24.8 Å². The Balaban J connectivity index is 2.44. The molecule has 1 rings (SSSR count). The number of nitrogens with two attached hydrogens (primary N) is 1. The van der Waals surface area contributed by atoms with Gasteiger partial charge in [-0.05, 0) is 18.4 Å². The van der Waals surface area contributed by atoms with E-state index in [-0.39, 0.29) is 5.91 Å². The minimum absolute atomic E-state index is 0.0310. The number of nitrogens with zero attached hydrogens (tertiary/aromatic N) is 1. The molecule has 0 heterocycles. The zero-order chi connectivity index (χ0) is 12.0. The molecular formula is C12H24N2O2. The van der Waals surface area contributed by atoms with Crippen molar-refractivity contribution < 1.29 is 9.63 Å². The second kappa shape index (κ2) is 6.86. The summed E-state index contributed by atoms with van der Waals surface area (Å²) in [6.45, 7) is 0.605. The highest BCUT2D eigenvalue weighted by Gasteiger charge is 2.25. The van der Waals surface area contributed by atoms with E-state index >= 15 is 0 Å². The molecule has 0 aromatic rings. The van der Waals surface area contributed by atoms with Crippen molar-refractivity contribution in [3.63, 3.8) is 0 Å². The molecular weight excluding hydrogens is 204 g/mol. The topological polar surface area (TPSA) is 55.6 Å². The van der Waals surface area contributed by atoms with Crippen LogP contribution in [0.15, 0.2) is 0 Å². The van der Waals surface area contributed by atoms with Gasteiger partial charge in [-0.25, -0.2) is 5.06 Å².